The zero-order chi connectivity index (χ0) is 15.4. The molecule has 4 heteroatoms. The Hall–Kier alpha value is -1.84. The predicted molar refractivity (Wildman–Crippen MR) is 78.6 cm³/mol. The summed E-state index contributed by atoms with van der Waals surface area (Å²) in [5, 5.41) is 12.1. The molecule has 0 fully saturated rings. The highest BCUT2D eigenvalue weighted by atomic mass is 16.4. The maximum absolute atomic E-state index is 12.5. The van der Waals surface area contributed by atoms with Crippen LogP contribution in [0.2, 0.25) is 0 Å². The van der Waals surface area contributed by atoms with Crippen LogP contribution in [0.5, 0.6) is 0 Å². The van der Waals surface area contributed by atoms with E-state index in [4.69, 9.17) is 0 Å². The zero-order valence-electron chi connectivity index (χ0n) is 12.6. The molecule has 1 rings (SSSR count). The predicted octanol–water partition coefficient (Wildman–Crippen LogP) is 2.72. The van der Waals surface area contributed by atoms with Crippen LogP contribution in [0, 0.1) is 0 Å². The molecule has 0 radical (unpaired) electrons. The van der Waals surface area contributed by atoms with E-state index in [0.29, 0.717) is 12.8 Å². The topological polar surface area (TPSA) is 66.4 Å². The SMILES string of the molecule is CCC(CC)(NC(=O)C(C)(C)c1ccccc1)C(=O)O. The van der Waals surface area contributed by atoms with Gasteiger partial charge in [0.15, 0.2) is 0 Å². The lowest BCUT2D eigenvalue weighted by Crippen LogP contribution is -2.57. The van der Waals surface area contributed by atoms with Gasteiger partial charge in [-0.15, -0.1) is 0 Å². The molecule has 0 spiro atoms. The number of carbonyl (C=O) groups is 2. The molecule has 0 aliphatic heterocycles. The molecule has 110 valence electrons. The molecule has 0 saturated carbocycles. The fraction of sp³-hybridized carbons (Fsp3) is 0.500. The van der Waals surface area contributed by atoms with Gasteiger partial charge in [-0.25, -0.2) is 4.79 Å². The lowest BCUT2D eigenvalue weighted by Gasteiger charge is -2.33. The fourth-order valence-electron chi connectivity index (χ4n) is 2.14. The molecule has 2 N–H and O–H groups in total. The van der Waals surface area contributed by atoms with Crippen LogP contribution in [0.15, 0.2) is 30.3 Å². The van der Waals surface area contributed by atoms with Crippen LogP contribution in [-0.4, -0.2) is 22.5 Å². The summed E-state index contributed by atoms with van der Waals surface area (Å²) in [5.41, 5.74) is -1.10. The van der Waals surface area contributed by atoms with Gasteiger partial charge in [0.2, 0.25) is 5.91 Å². The second-order valence-corrected chi connectivity index (χ2v) is 5.54. The molecule has 20 heavy (non-hydrogen) atoms. The molecule has 0 unspecified atom stereocenters. The van der Waals surface area contributed by atoms with E-state index in [-0.39, 0.29) is 5.91 Å². The van der Waals surface area contributed by atoms with E-state index in [1.165, 1.54) is 0 Å². The van der Waals surface area contributed by atoms with Crippen LogP contribution in [0.25, 0.3) is 0 Å². The van der Waals surface area contributed by atoms with Gasteiger partial charge in [-0.3, -0.25) is 4.79 Å². The maximum Gasteiger partial charge on any atom is 0.329 e. The van der Waals surface area contributed by atoms with Crippen molar-refractivity contribution in [3.63, 3.8) is 0 Å². The van der Waals surface area contributed by atoms with Crippen molar-refractivity contribution in [2.45, 2.75) is 51.5 Å². The summed E-state index contributed by atoms with van der Waals surface area (Å²) in [4.78, 5) is 24.0. The fourth-order valence-corrected chi connectivity index (χ4v) is 2.14. The van der Waals surface area contributed by atoms with Crippen LogP contribution in [0.3, 0.4) is 0 Å². The van der Waals surface area contributed by atoms with Crippen LogP contribution < -0.4 is 5.32 Å². The third-order valence-corrected chi connectivity index (χ3v) is 4.03. The number of hydrogen-bond donors (Lipinski definition) is 2. The smallest absolute Gasteiger partial charge is 0.329 e. The van der Waals surface area contributed by atoms with Crippen LogP contribution in [0.1, 0.15) is 46.1 Å². The Balaban J connectivity index is 3.03. The van der Waals surface area contributed by atoms with Crippen molar-refractivity contribution in [2.24, 2.45) is 0 Å². The number of benzene rings is 1. The summed E-state index contributed by atoms with van der Waals surface area (Å²) in [6.45, 7) is 7.14. The average Bonchev–Trinajstić information content (AvgIpc) is 2.45. The minimum Gasteiger partial charge on any atom is -0.480 e. The van der Waals surface area contributed by atoms with Gasteiger partial charge in [0.05, 0.1) is 5.41 Å². The van der Waals surface area contributed by atoms with Gasteiger partial charge in [0.1, 0.15) is 5.54 Å². The number of nitrogens with one attached hydrogen (secondary N) is 1. The summed E-state index contributed by atoms with van der Waals surface area (Å²) in [5.74, 6) is -1.26. The lowest BCUT2D eigenvalue weighted by molar-refractivity contribution is -0.148. The number of carboxylic acids is 1. The monoisotopic (exact) mass is 277 g/mol. The van der Waals surface area contributed by atoms with Gasteiger partial charge in [-0.2, -0.15) is 0 Å². The van der Waals surface area contributed by atoms with E-state index in [1.54, 1.807) is 27.7 Å². The molecule has 0 aromatic heterocycles. The molecule has 0 saturated heterocycles. The Morgan fingerprint density at radius 1 is 1.10 bits per heavy atom. The molecule has 0 aliphatic rings. The van der Waals surface area contributed by atoms with Gasteiger partial charge < -0.3 is 10.4 Å². The molecule has 0 aliphatic carbocycles. The Bertz CT molecular complexity index is 476. The molecule has 1 amide bonds. The van der Waals surface area contributed by atoms with Crippen molar-refractivity contribution < 1.29 is 14.7 Å². The highest BCUT2D eigenvalue weighted by Crippen LogP contribution is 2.25. The number of hydrogen-bond acceptors (Lipinski definition) is 2. The molecule has 1 aromatic rings. The average molecular weight is 277 g/mol. The second-order valence-electron chi connectivity index (χ2n) is 5.54. The van der Waals surface area contributed by atoms with Crippen LogP contribution in [-0.2, 0) is 15.0 Å². The number of rotatable bonds is 6. The minimum absolute atomic E-state index is 0.269. The summed E-state index contributed by atoms with van der Waals surface area (Å²) >= 11 is 0. The Morgan fingerprint density at radius 2 is 1.60 bits per heavy atom. The first-order valence-corrected chi connectivity index (χ1v) is 6.91. The van der Waals surface area contributed by atoms with Crippen molar-refractivity contribution in [1.82, 2.24) is 5.32 Å². The Kier molecular flexibility index (Phi) is 4.93. The second kappa shape index (κ2) is 6.07. The zero-order valence-corrected chi connectivity index (χ0v) is 12.6. The van der Waals surface area contributed by atoms with Crippen molar-refractivity contribution in [2.75, 3.05) is 0 Å². The summed E-state index contributed by atoms with van der Waals surface area (Å²) < 4.78 is 0. The lowest BCUT2D eigenvalue weighted by atomic mass is 9.82. The van der Waals surface area contributed by atoms with Gasteiger partial charge in [0, 0.05) is 0 Å². The summed E-state index contributed by atoms with van der Waals surface area (Å²) in [6.07, 6.45) is 0.713. The molecule has 0 heterocycles. The largest absolute Gasteiger partial charge is 0.480 e. The van der Waals surface area contributed by atoms with E-state index in [0.717, 1.165) is 5.56 Å². The first-order valence-electron chi connectivity index (χ1n) is 6.91. The van der Waals surface area contributed by atoms with Crippen molar-refractivity contribution >= 4 is 11.9 Å². The molecule has 4 nitrogen and oxygen atoms in total. The number of aliphatic carboxylic acids is 1. The van der Waals surface area contributed by atoms with Crippen molar-refractivity contribution in [1.29, 1.82) is 0 Å². The molecule has 0 bridgehead atoms. The van der Waals surface area contributed by atoms with E-state index in [2.05, 4.69) is 5.32 Å². The Morgan fingerprint density at radius 3 is 2.00 bits per heavy atom. The number of carbonyl (C=O) groups excluding carboxylic acids is 1. The van der Waals surface area contributed by atoms with E-state index >= 15 is 0 Å². The highest BCUT2D eigenvalue weighted by Gasteiger charge is 2.40. The van der Waals surface area contributed by atoms with Gasteiger partial charge >= 0.3 is 5.97 Å². The van der Waals surface area contributed by atoms with Gasteiger partial charge in [-0.05, 0) is 32.3 Å². The summed E-state index contributed by atoms with van der Waals surface area (Å²) in [7, 11) is 0. The third kappa shape index (κ3) is 3.00. The highest BCUT2D eigenvalue weighted by molar-refractivity contribution is 5.92. The van der Waals surface area contributed by atoms with Crippen molar-refractivity contribution in [3.8, 4) is 0 Å². The molecule has 0 atom stereocenters. The van der Waals surface area contributed by atoms with E-state index in [1.807, 2.05) is 30.3 Å². The number of amides is 1. The van der Waals surface area contributed by atoms with Gasteiger partial charge in [0.25, 0.3) is 0 Å². The first kappa shape index (κ1) is 16.2. The third-order valence-electron chi connectivity index (χ3n) is 4.03. The molecule has 1 aromatic carbocycles. The Labute approximate surface area is 120 Å². The number of carboxylic acid groups (broad SMARTS) is 1. The summed E-state index contributed by atoms with van der Waals surface area (Å²) in [6, 6.07) is 9.37. The van der Waals surface area contributed by atoms with Crippen LogP contribution >= 0.6 is 0 Å². The maximum atomic E-state index is 12.5. The van der Waals surface area contributed by atoms with E-state index < -0.39 is 16.9 Å². The van der Waals surface area contributed by atoms with Gasteiger partial charge in [-0.1, -0.05) is 44.2 Å². The van der Waals surface area contributed by atoms with Crippen LogP contribution in [0.4, 0.5) is 0 Å². The molecular weight excluding hydrogens is 254 g/mol. The minimum atomic E-state index is -1.19. The normalized spacial score (nSPS) is 12.0. The van der Waals surface area contributed by atoms with E-state index in [9.17, 15) is 14.7 Å². The molecular formula is C16H23NO3. The standard InChI is InChI=1S/C16H23NO3/c1-5-16(6-2,14(19)20)17-13(18)15(3,4)12-10-8-7-9-11-12/h7-11H,5-6H2,1-4H3,(H,17,18)(H,19,20). The quantitative estimate of drug-likeness (QED) is 0.840. The van der Waals surface area contributed by atoms with Crippen molar-refractivity contribution in [3.05, 3.63) is 35.9 Å². The first-order chi connectivity index (χ1) is 9.30.